The molecule has 4 unspecified atom stereocenters. The fourth-order valence-corrected chi connectivity index (χ4v) is 3.37. The maximum absolute atomic E-state index is 4.49. The van der Waals surface area contributed by atoms with Gasteiger partial charge in [0, 0.05) is 24.4 Å². The summed E-state index contributed by atoms with van der Waals surface area (Å²) in [4.78, 5) is 4.49. The summed E-state index contributed by atoms with van der Waals surface area (Å²) in [5.41, 5.74) is 1.22. The van der Waals surface area contributed by atoms with E-state index in [0.717, 1.165) is 30.7 Å². The van der Waals surface area contributed by atoms with E-state index in [2.05, 4.69) is 43.2 Å². The van der Waals surface area contributed by atoms with Crippen molar-refractivity contribution in [1.29, 1.82) is 0 Å². The smallest absolute Gasteiger partial charge is 0.0419 e. The molecule has 19 heavy (non-hydrogen) atoms. The third-order valence-corrected chi connectivity index (χ3v) is 4.83. The maximum Gasteiger partial charge on any atom is 0.0419 e. The molecule has 1 fully saturated rings. The van der Waals surface area contributed by atoms with Gasteiger partial charge in [-0.2, -0.15) is 0 Å². The van der Waals surface area contributed by atoms with E-state index >= 15 is 0 Å². The molecule has 0 spiro atoms. The summed E-state index contributed by atoms with van der Waals surface area (Å²) >= 11 is 0. The van der Waals surface area contributed by atoms with Gasteiger partial charge in [-0.15, -0.1) is 0 Å². The van der Waals surface area contributed by atoms with E-state index in [1.54, 1.807) is 0 Å². The molecule has 0 aliphatic heterocycles. The minimum Gasteiger partial charge on any atom is -0.314 e. The first kappa shape index (κ1) is 14.5. The molecule has 1 aromatic rings. The second kappa shape index (κ2) is 7.04. The Morgan fingerprint density at radius 2 is 2.11 bits per heavy atom. The first-order valence-corrected chi connectivity index (χ1v) is 7.84. The van der Waals surface area contributed by atoms with Crippen LogP contribution in [0.25, 0.3) is 0 Å². The summed E-state index contributed by atoms with van der Waals surface area (Å²) in [6.07, 6.45) is 7.10. The van der Waals surface area contributed by atoms with E-state index < -0.39 is 0 Å². The second-order valence-corrected chi connectivity index (χ2v) is 6.22. The number of likely N-dealkylation sites (N-methyl/N-ethyl adjacent to an activating group) is 1. The van der Waals surface area contributed by atoms with Gasteiger partial charge in [-0.05, 0) is 49.3 Å². The quantitative estimate of drug-likeness (QED) is 0.873. The molecule has 2 rings (SSSR count). The van der Waals surface area contributed by atoms with E-state index in [0.29, 0.717) is 6.04 Å². The fraction of sp³-hybridized carbons (Fsp3) is 0.706. The molecule has 0 amide bonds. The van der Waals surface area contributed by atoms with E-state index in [9.17, 15) is 0 Å². The standard InChI is InChI=1S/C17H28N2/c1-4-18-17(12-16-7-5-6-10-19-16)15-9-8-13(2)14(3)11-15/h5-7,10,13-15,17-18H,4,8-9,11-12H2,1-3H3. The molecule has 1 aromatic heterocycles. The van der Waals surface area contributed by atoms with Gasteiger partial charge in [0.05, 0.1) is 0 Å². The molecule has 2 heteroatoms. The van der Waals surface area contributed by atoms with Crippen LogP contribution in [0.5, 0.6) is 0 Å². The zero-order valence-corrected chi connectivity index (χ0v) is 12.6. The van der Waals surface area contributed by atoms with E-state index in [1.165, 1.54) is 25.0 Å². The Labute approximate surface area is 118 Å². The summed E-state index contributed by atoms with van der Waals surface area (Å²) in [5, 5.41) is 3.70. The molecule has 1 heterocycles. The van der Waals surface area contributed by atoms with Crippen molar-refractivity contribution >= 4 is 0 Å². The molecule has 0 radical (unpaired) electrons. The van der Waals surface area contributed by atoms with Gasteiger partial charge < -0.3 is 5.32 Å². The minimum atomic E-state index is 0.592. The van der Waals surface area contributed by atoms with Crippen LogP contribution in [0, 0.1) is 17.8 Å². The van der Waals surface area contributed by atoms with Crippen LogP contribution in [0.3, 0.4) is 0 Å². The normalized spacial score (nSPS) is 29.1. The highest BCUT2D eigenvalue weighted by Gasteiger charge is 2.29. The number of rotatable bonds is 5. The zero-order valence-electron chi connectivity index (χ0n) is 12.6. The van der Waals surface area contributed by atoms with Crippen molar-refractivity contribution in [1.82, 2.24) is 10.3 Å². The number of nitrogens with one attached hydrogen (secondary N) is 1. The lowest BCUT2D eigenvalue weighted by Crippen LogP contribution is -2.41. The molecule has 1 N–H and O–H groups in total. The van der Waals surface area contributed by atoms with E-state index in [-0.39, 0.29) is 0 Å². The van der Waals surface area contributed by atoms with Gasteiger partial charge in [0.25, 0.3) is 0 Å². The Morgan fingerprint density at radius 1 is 1.26 bits per heavy atom. The van der Waals surface area contributed by atoms with Crippen LogP contribution >= 0.6 is 0 Å². The van der Waals surface area contributed by atoms with Crippen molar-refractivity contribution in [3.05, 3.63) is 30.1 Å². The fourth-order valence-electron chi connectivity index (χ4n) is 3.37. The van der Waals surface area contributed by atoms with E-state index in [4.69, 9.17) is 0 Å². The van der Waals surface area contributed by atoms with Crippen LogP contribution < -0.4 is 5.32 Å². The van der Waals surface area contributed by atoms with Gasteiger partial charge >= 0.3 is 0 Å². The molecule has 0 bridgehead atoms. The summed E-state index contributed by atoms with van der Waals surface area (Å²) < 4.78 is 0. The van der Waals surface area contributed by atoms with Gasteiger partial charge in [0.15, 0.2) is 0 Å². The molecule has 2 nitrogen and oxygen atoms in total. The van der Waals surface area contributed by atoms with Crippen LogP contribution in [-0.4, -0.2) is 17.6 Å². The molecule has 0 aromatic carbocycles. The van der Waals surface area contributed by atoms with Crippen molar-refractivity contribution in [3.63, 3.8) is 0 Å². The summed E-state index contributed by atoms with van der Waals surface area (Å²) in [7, 11) is 0. The first-order valence-electron chi connectivity index (χ1n) is 7.84. The van der Waals surface area contributed by atoms with Crippen LogP contribution in [0.4, 0.5) is 0 Å². The van der Waals surface area contributed by atoms with Crippen LogP contribution in [0.15, 0.2) is 24.4 Å². The highest BCUT2D eigenvalue weighted by Crippen LogP contribution is 2.35. The Morgan fingerprint density at radius 3 is 2.74 bits per heavy atom. The van der Waals surface area contributed by atoms with Crippen molar-refractivity contribution in [2.45, 2.75) is 52.5 Å². The molecule has 106 valence electrons. The molecule has 1 saturated carbocycles. The highest BCUT2D eigenvalue weighted by atomic mass is 14.9. The largest absolute Gasteiger partial charge is 0.314 e. The highest BCUT2D eigenvalue weighted by molar-refractivity contribution is 5.06. The van der Waals surface area contributed by atoms with Crippen molar-refractivity contribution < 1.29 is 0 Å². The Balaban J connectivity index is 1.99. The maximum atomic E-state index is 4.49. The zero-order chi connectivity index (χ0) is 13.7. The lowest BCUT2D eigenvalue weighted by molar-refractivity contribution is 0.170. The van der Waals surface area contributed by atoms with Gasteiger partial charge in [0.1, 0.15) is 0 Å². The Kier molecular flexibility index (Phi) is 5.38. The molecule has 1 aliphatic carbocycles. The first-order chi connectivity index (χ1) is 9.20. The predicted octanol–water partition coefficient (Wildman–Crippen LogP) is 3.67. The number of aromatic nitrogens is 1. The summed E-state index contributed by atoms with van der Waals surface area (Å²) in [5.74, 6) is 2.57. The molecule has 4 atom stereocenters. The van der Waals surface area contributed by atoms with Crippen molar-refractivity contribution in [2.75, 3.05) is 6.54 Å². The third kappa shape index (κ3) is 4.04. The number of hydrogen-bond acceptors (Lipinski definition) is 2. The second-order valence-electron chi connectivity index (χ2n) is 6.22. The number of nitrogens with zero attached hydrogens (tertiary/aromatic N) is 1. The number of hydrogen-bond donors (Lipinski definition) is 1. The third-order valence-electron chi connectivity index (χ3n) is 4.83. The van der Waals surface area contributed by atoms with E-state index in [1.807, 2.05) is 12.3 Å². The van der Waals surface area contributed by atoms with Gasteiger partial charge in [0.2, 0.25) is 0 Å². The van der Waals surface area contributed by atoms with Crippen molar-refractivity contribution in [3.8, 4) is 0 Å². The molecule has 0 saturated heterocycles. The van der Waals surface area contributed by atoms with Gasteiger partial charge in [-0.3, -0.25) is 4.98 Å². The van der Waals surface area contributed by atoms with Gasteiger partial charge in [-0.25, -0.2) is 0 Å². The monoisotopic (exact) mass is 260 g/mol. The van der Waals surface area contributed by atoms with Crippen LogP contribution in [0.1, 0.15) is 45.7 Å². The van der Waals surface area contributed by atoms with Crippen LogP contribution in [0.2, 0.25) is 0 Å². The van der Waals surface area contributed by atoms with Crippen molar-refractivity contribution in [2.24, 2.45) is 17.8 Å². The lowest BCUT2D eigenvalue weighted by atomic mass is 9.72. The molecule has 1 aliphatic rings. The number of pyridine rings is 1. The minimum absolute atomic E-state index is 0.592. The Bertz CT molecular complexity index is 363. The average Bonchev–Trinajstić information content (AvgIpc) is 2.43. The summed E-state index contributed by atoms with van der Waals surface area (Å²) in [6, 6.07) is 6.83. The topological polar surface area (TPSA) is 24.9 Å². The average molecular weight is 260 g/mol. The molecular formula is C17H28N2. The van der Waals surface area contributed by atoms with Crippen LogP contribution in [-0.2, 0) is 6.42 Å². The predicted molar refractivity (Wildman–Crippen MR) is 81.1 cm³/mol. The van der Waals surface area contributed by atoms with Gasteiger partial charge in [-0.1, -0.05) is 33.3 Å². The summed E-state index contributed by atoms with van der Waals surface area (Å²) in [6.45, 7) is 8.08. The lowest BCUT2D eigenvalue weighted by Gasteiger charge is -2.37. The molecular weight excluding hydrogens is 232 g/mol. The SMILES string of the molecule is CCNC(Cc1ccccn1)C1CCC(C)C(C)C1. The Hall–Kier alpha value is -0.890.